The van der Waals surface area contributed by atoms with E-state index in [9.17, 15) is 0 Å². The van der Waals surface area contributed by atoms with Gasteiger partial charge in [0.25, 0.3) is 0 Å². The number of aryl methyl sites for hydroxylation is 2. The maximum atomic E-state index is 6.52. The molecule has 0 amide bonds. The molecule has 0 bridgehead atoms. The van der Waals surface area contributed by atoms with Gasteiger partial charge in [-0.15, -0.1) is 0 Å². The molecule has 5 heteroatoms. The van der Waals surface area contributed by atoms with E-state index in [-0.39, 0.29) is 0 Å². The molecule has 0 aromatic heterocycles. The van der Waals surface area contributed by atoms with Gasteiger partial charge in [0, 0.05) is 22.3 Å². The molecule has 0 radical (unpaired) electrons. The minimum atomic E-state index is -0.420. The Morgan fingerprint density at radius 2 is 1.22 bits per heavy atom. The second-order valence-electron chi connectivity index (χ2n) is 10.4. The van der Waals surface area contributed by atoms with Gasteiger partial charge in [0.2, 0.25) is 0 Å². The minimum absolute atomic E-state index is 0.340. The van der Waals surface area contributed by atoms with Crippen LogP contribution in [0.1, 0.15) is 49.8 Å². The Bertz CT molecular complexity index is 1360. The van der Waals surface area contributed by atoms with Crippen LogP contribution in [0.15, 0.2) is 78.9 Å². The lowest BCUT2D eigenvalue weighted by Crippen LogP contribution is -2.20. The van der Waals surface area contributed by atoms with Gasteiger partial charge in [-0.05, 0) is 75.1 Å². The number of para-hydroxylation sites is 1. The van der Waals surface area contributed by atoms with Gasteiger partial charge in [0.05, 0.1) is 20.8 Å². The molecule has 4 aromatic carbocycles. The molecule has 0 saturated carbocycles. The summed E-state index contributed by atoms with van der Waals surface area (Å²) in [5.41, 5.74) is 7.40. The molecule has 0 N–H and O–H groups in total. The van der Waals surface area contributed by atoms with Crippen molar-refractivity contribution < 1.29 is 23.7 Å². The van der Waals surface area contributed by atoms with E-state index in [0.29, 0.717) is 19.1 Å². The van der Waals surface area contributed by atoms with Crippen LogP contribution in [0.25, 0.3) is 22.3 Å². The van der Waals surface area contributed by atoms with Crippen molar-refractivity contribution in [3.05, 3.63) is 95.6 Å². The van der Waals surface area contributed by atoms with Crippen LogP contribution in [0.4, 0.5) is 0 Å². The summed E-state index contributed by atoms with van der Waals surface area (Å²) in [4.78, 5) is 0. The molecule has 0 spiro atoms. The molecule has 0 saturated heterocycles. The number of ether oxygens (including phenoxy) is 5. The quantitative estimate of drug-likeness (QED) is 0.122. The van der Waals surface area contributed by atoms with Gasteiger partial charge in [0.1, 0.15) is 29.6 Å². The maximum Gasteiger partial charge on any atom is 0.197 e. The fraction of sp³-hybridized carbons (Fsp3) is 0.333. The molecule has 0 fully saturated rings. The van der Waals surface area contributed by atoms with E-state index in [4.69, 9.17) is 23.7 Å². The summed E-state index contributed by atoms with van der Waals surface area (Å²) in [5, 5.41) is 0. The average Bonchev–Trinajstić information content (AvgIpc) is 2.99. The highest BCUT2D eigenvalue weighted by molar-refractivity contribution is 5.87. The Labute approximate surface area is 245 Å². The number of methoxy groups -OCH3 is 2. The fourth-order valence-electron chi connectivity index (χ4n) is 4.88. The second kappa shape index (κ2) is 14.1. The highest BCUT2D eigenvalue weighted by atomic mass is 16.7. The van der Waals surface area contributed by atoms with Crippen molar-refractivity contribution in [3.8, 4) is 45.3 Å². The predicted octanol–water partition coefficient (Wildman–Crippen LogP) is 8.99. The van der Waals surface area contributed by atoms with Crippen LogP contribution in [-0.4, -0.2) is 33.7 Å². The normalized spacial score (nSPS) is 12.5. The summed E-state index contributed by atoms with van der Waals surface area (Å²) < 4.78 is 30.0. The van der Waals surface area contributed by atoms with Crippen LogP contribution in [0.2, 0.25) is 0 Å². The molecule has 216 valence electrons. The maximum absolute atomic E-state index is 6.52. The predicted molar refractivity (Wildman–Crippen MR) is 167 cm³/mol. The highest BCUT2D eigenvalue weighted by Crippen LogP contribution is 2.45. The average molecular weight is 555 g/mol. The monoisotopic (exact) mass is 554 g/mol. The number of hydrogen-bond donors (Lipinski definition) is 0. The van der Waals surface area contributed by atoms with Gasteiger partial charge in [-0.1, -0.05) is 67.4 Å². The first-order chi connectivity index (χ1) is 19.8. The summed E-state index contributed by atoms with van der Waals surface area (Å²) in [7, 11) is 3.38. The van der Waals surface area contributed by atoms with Gasteiger partial charge in [0.15, 0.2) is 6.29 Å². The summed E-state index contributed by atoms with van der Waals surface area (Å²) in [6.45, 7) is 11.2. The van der Waals surface area contributed by atoms with E-state index in [2.05, 4.69) is 64.1 Å². The molecule has 2 atom stereocenters. The van der Waals surface area contributed by atoms with Gasteiger partial charge in [-0.25, -0.2) is 0 Å². The summed E-state index contributed by atoms with van der Waals surface area (Å²) in [6.07, 6.45) is 0.689. The Morgan fingerprint density at radius 3 is 1.73 bits per heavy atom. The van der Waals surface area contributed by atoms with Crippen LogP contribution in [0.3, 0.4) is 0 Å². The number of rotatable bonds is 13. The Kier molecular flexibility index (Phi) is 10.3. The minimum Gasteiger partial charge on any atom is -0.496 e. The van der Waals surface area contributed by atoms with Crippen molar-refractivity contribution in [2.45, 2.75) is 53.2 Å². The Balaban J connectivity index is 1.56. The van der Waals surface area contributed by atoms with Crippen molar-refractivity contribution in [1.82, 2.24) is 0 Å². The molecule has 4 rings (SSSR count). The zero-order chi connectivity index (χ0) is 29.4. The number of hydrogen-bond acceptors (Lipinski definition) is 5. The summed E-state index contributed by atoms with van der Waals surface area (Å²) >= 11 is 0. The summed E-state index contributed by atoms with van der Waals surface area (Å²) in [6, 6.07) is 26.7. The lowest BCUT2D eigenvalue weighted by molar-refractivity contribution is -0.0738. The van der Waals surface area contributed by atoms with Gasteiger partial charge < -0.3 is 23.7 Å². The van der Waals surface area contributed by atoms with Gasteiger partial charge in [-0.3, -0.25) is 0 Å². The van der Waals surface area contributed by atoms with Crippen LogP contribution in [0, 0.1) is 13.8 Å². The van der Waals surface area contributed by atoms with E-state index < -0.39 is 6.29 Å². The molecule has 0 aliphatic heterocycles. The smallest absolute Gasteiger partial charge is 0.197 e. The van der Waals surface area contributed by atoms with Crippen LogP contribution in [0.5, 0.6) is 23.0 Å². The summed E-state index contributed by atoms with van der Waals surface area (Å²) in [5.74, 6) is 3.63. The van der Waals surface area contributed by atoms with E-state index in [1.54, 1.807) is 14.2 Å². The Morgan fingerprint density at radius 1 is 0.659 bits per heavy atom. The first kappa shape index (κ1) is 30.0. The second-order valence-corrected chi connectivity index (χ2v) is 10.4. The van der Waals surface area contributed by atoms with Crippen molar-refractivity contribution in [2.75, 3.05) is 27.4 Å². The topological polar surface area (TPSA) is 46.2 Å². The van der Waals surface area contributed by atoms with Gasteiger partial charge >= 0.3 is 0 Å². The van der Waals surface area contributed by atoms with Crippen molar-refractivity contribution in [3.63, 3.8) is 0 Å². The standard InChI is InChI=1S/C36H42O5/c1-8-26(4)28-14-16-29(17-15-28)41-27(5)39-20-21-40-36-30(32-22-24(2)12-18-34(32)37-6)10-9-11-31(36)33-23-25(3)13-19-35(33)38-7/h9-19,22-23,26-27H,8,20-21H2,1-7H3. The SMILES string of the molecule is CCC(C)c1ccc(OC(C)OCCOc2c(-c3cc(C)ccc3OC)cccc2-c2cc(C)ccc2OC)cc1. The van der Waals surface area contributed by atoms with Crippen LogP contribution in [-0.2, 0) is 4.74 Å². The van der Waals surface area contributed by atoms with E-state index in [1.807, 2.05) is 49.4 Å². The van der Waals surface area contributed by atoms with Crippen molar-refractivity contribution in [1.29, 1.82) is 0 Å². The third kappa shape index (κ3) is 7.42. The van der Waals surface area contributed by atoms with Crippen LogP contribution >= 0.6 is 0 Å². The number of benzene rings is 4. The van der Waals surface area contributed by atoms with Gasteiger partial charge in [-0.2, -0.15) is 0 Å². The molecule has 0 heterocycles. The van der Waals surface area contributed by atoms with E-state index in [1.165, 1.54) is 5.56 Å². The highest BCUT2D eigenvalue weighted by Gasteiger charge is 2.19. The largest absolute Gasteiger partial charge is 0.496 e. The van der Waals surface area contributed by atoms with Crippen LogP contribution < -0.4 is 18.9 Å². The first-order valence-corrected chi connectivity index (χ1v) is 14.3. The van der Waals surface area contributed by atoms with Crippen molar-refractivity contribution in [2.24, 2.45) is 0 Å². The molecule has 2 unspecified atom stereocenters. The Hall–Kier alpha value is -3.96. The zero-order valence-corrected chi connectivity index (χ0v) is 25.3. The first-order valence-electron chi connectivity index (χ1n) is 14.3. The third-order valence-electron chi connectivity index (χ3n) is 7.35. The third-order valence-corrected chi connectivity index (χ3v) is 7.35. The molecule has 41 heavy (non-hydrogen) atoms. The molecule has 4 aromatic rings. The molecule has 0 aliphatic rings. The molecule has 0 aliphatic carbocycles. The van der Waals surface area contributed by atoms with Crippen molar-refractivity contribution >= 4 is 0 Å². The zero-order valence-electron chi connectivity index (χ0n) is 25.3. The lowest BCUT2D eigenvalue weighted by atomic mass is 9.94. The molecular formula is C36H42O5. The van der Waals surface area contributed by atoms with E-state index >= 15 is 0 Å². The molecule has 5 nitrogen and oxygen atoms in total. The molecular weight excluding hydrogens is 512 g/mol. The lowest BCUT2D eigenvalue weighted by Gasteiger charge is -2.21. The fourth-order valence-corrected chi connectivity index (χ4v) is 4.88. The van der Waals surface area contributed by atoms with E-state index in [0.717, 1.165) is 62.8 Å².